The summed E-state index contributed by atoms with van der Waals surface area (Å²) in [5, 5.41) is 0. The molecule has 0 unspecified atom stereocenters. The van der Waals surface area contributed by atoms with Crippen molar-refractivity contribution >= 4 is 0 Å². The lowest BCUT2D eigenvalue weighted by atomic mass is 10.1. The molecule has 1 aliphatic heterocycles. The topological polar surface area (TPSA) is 32.3 Å². The summed E-state index contributed by atoms with van der Waals surface area (Å²) in [6.45, 7) is 8.37. The van der Waals surface area contributed by atoms with Gasteiger partial charge in [0.2, 0.25) is 0 Å². The number of fused-ring (bicyclic) bond motifs is 1. The van der Waals surface area contributed by atoms with Crippen LogP contribution in [0.25, 0.3) is 0 Å². The van der Waals surface area contributed by atoms with E-state index in [0.29, 0.717) is 0 Å². The van der Waals surface area contributed by atoms with Crippen molar-refractivity contribution in [3.05, 3.63) is 23.8 Å². The first-order valence-corrected chi connectivity index (χ1v) is 6.40. The lowest BCUT2D eigenvalue weighted by Gasteiger charge is -2.28. The predicted molar refractivity (Wildman–Crippen MR) is 70.9 cm³/mol. The van der Waals surface area contributed by atoms with Crippen molar-refractivity contribution in [1.29, 1.82) is 0 Å². The zero-order chi connectivity index (χ0) is 12.7. The van der Waals surface area contributed by atoms with Crippen LogP contribution in [0.4, 0.5) is 0 Å². The molecule has 4 heteroatoms. The number of nitrogens with zero attached hydrogens (tertiary/aromatic N) is 4. The molecule has 0 amide bonds. The van der Waals surface area contributed by atoms with Gasteiger partial charge in [0.05, 0.1) is 0 Å². The quantitative estimate of drug-likeness (QED) is 0.794. The first-order valence-electron chi connectivity index (χ1n) is 6.40. The monoisotopic (exact) mass is 236 g/mol. The van der Waals surface area contributed by atoms with Crippen LogP contribution in [0.5, 0.6) is 0 Å². The molecule has 2 heterocycles. The standard InChI is InChI=1S/C11H18N4.C2H6/c1-14(2)5-6-15-4-3-11-10(8-15)7-12-9-13-11;1-2/h7,9H,3-6,8H2,1-2H3;1-2H3. The van der Waals surface area contributed by atoms with Gasteiger partial charge >= 0.3 is 0 Å². The highest BCUT2D eigenvalue weighted by Crippen LogP contribution is 2.14. The summed E-state index contributed by atoms with van der Waals surface area (Å²) in [5.74, 6) is 0. The number of hydrogen-bond acceptors (Lipinski definition) is 4. The van der Waals surface area contributed by atoms with E-state index in [1.807, 2.05) is 20.0 Å². The summed E-state index contributed by atoms with van der Waals surface area (Å²) >= 11 is 0. The summed E-state index contributed by atoms with van der Waals surface area (Å²) in [7, 11) is 4.22. The van der Waals surface area contributed by atoms with Crippen LogP contribution in [0.3, 0.4) is 0 Å². The lowest BCUT2D eigenvalue weighted by Crippen LogP contribution is -2.36. The van der Waals surface area contributed by atoms with Crippen LogP contribution >= 0.6 is 0 Å². The maximum absolute atomic E-state index is 4.30. The third-order valence-electron chi connectivity index (χ3n) is 2.80. The fourth-order valence-corrected chi connectivity index (χ4v) is 1.86. The molecule has 1 aromatic heterocycles. The number of hydrogen-bond donors (Lipinski definition) is 0. The molecule has 0 aromatic carbocycles. The van der Waals surface area contributed by atoms with Gasteiger partial charge in [0.15, 0.2) is 0 Å². The Morgan fingerprint density at radius 2 is 2.12 bits per heavy atom. The van der Waals surface area contributed by atoms with E-state index in [9.17, 15) is 0 Å². The van der Waals surface area contributed by atoms with Gasteiger partial charge in [0.25, 0.3) is 0 Å². The van der Waals surface area contributed by atoms with Gasteiger partial charge in [0.1, 0.15) is 6.33 Å². The molecule has 96 valence electrons. The van der Waals surface area contributed by atoms with Crippen LogP contribution in [0.2, 0.25) is 0 Å². The van der Waals surface area contributed by atoms with Gasteiger partial charge in [-0.3, -0.25) is 4.90 Å². The van der Waals surface area contributed by atoms with E-state index in [0.717, 1.165) is 32.6 Å². The van der Waals surface area contributed by atoms with Gasteiger partial charge in [-0.1, -0.05) is 13.8 Å². The Morgan fingerprint density at radius 3 is 2.82 bits per heavy atom. The van der Waals surface area contributed by atoms with E-state index in [-0.39, 0.29) is 0 Å². The largest absolute Gasteiger partial charge is 0.308 e. The summed E-state index contributed by atoms with van der Waals surface area (Å²) in [5.41, 5.74) is 2.52. The van der Waals surface area contributed by atoms with Crippen molar-refractivity contribution in [3.8, 4) is 0 Å². The van der Waals surface area contributed by atoms with Crippen molar-refractivity contribution in [1.82, 2.24) is 19.8 Å². The second kappa shape index (κ2) is 7.35. The van der Waals surface area contributed by atoms with Crippen LogP contribution in [-0.2, 0) is 13.0 Å². The summed E-state index contributed by atoms with van der Waals surface area (Å²) in [6, 6.07) is 0. The highest BCUT2D eigenvalue weighted by Gasteiger charge is 2.16. The molecule has 0 saturated heterocycles. The van der Waals surface area contributed by atoms with Gasteiger partial charge in [-0.15, -0.1) is 0 Å². The molecule has 0 atom stereocenters. The first kappa shape index (κ1) is 14.1. The minimum atomic E-state index is 1.00. The van der Waals surface area contributed by atoms with Crippen molar-refractivity contribution in [2.24, 2.45) is 0 Å². The Balaban J connectivity index is 0.000000686. The number of aromatic nitrogens is 2. The molecule has 1 aliphatic rings. The minimum absolute atomic E-state index is 1.00. The van der Waals surface area contributed by atoms with E-state index in [1.54, 1.807) is 6.33 Å². The molecule has 0 N–H and O–H groups in total. The zero-order valence-corrected chi connectivity index (χ0v) is 11.5. The van der Waals surface area contributed by atoms with Crippen LogP contribution < -0.4 is 0 Å². The van der Waals surface area contributed by atoms with Crippen molar-refractivity contribution < 1.29 is 0 Å². The lowest BCUT2D eigenvalue weighted by molar-refractivity contribution is 0.223. The highest BCUT2D eigenvalue weighted by atomic mass is 15.2. The molecule has 1 aromatic rings. The number of likely N-dealkylation sites (N-methyl/N-ethyl adjacent to an activating group) is 1. The predicted octanol–water partition coefficient (Wildman–Crippen LogP) is 1.42. The van der Waals surface area contributed by atoms with E-state index in [4.69, 9.17) is 0 Å². The Hall–Kier alpha value is -1.00. The van der Waals surface area contributed by atoms with E-state index in [2.05, 4.69) is 33.9 Å². The first-order chi connectivity index (χ1) is 8.25. The maximum Gasteiger partial charge on any atom is 0.115 e. The van der Waals surface area contributed by atoms with Crippen LogP contribution in [0.15, 0.2) is 12.5 Å². The normalized spacial score (nSPS) is 15.1. The smallest absolute Gasteiger partial charge is 0.115 e. The molecule has 17 heavy (non-hydrogen) atoms. The maximum atomic E-state index is 4.30. The fourth-order valence-electron chi connectivity index (χ4n) is 1.86. The number of rotatable bonds is 3. The Bertz CT molecular complexity index is 325. The Kier molecular flexibility index (Phi) is 6.08. The molecule has 0 aliphatic carbocycles. The molecule has 2 rings (SSSR count). The molecular weight excluding hydrogens is 212 g/mol. The van der Waals surface area contributed by atoms with Crippen molar-refractivity contribution in [2.45, 2.75) is 26.8 Å². The average Bonchev–Trinajstić information content (AvgIpc) is 2.38. The van der Waals surface area contributed by atoms with E-state index in [1.165, 1.54) is 11.3 Å². The molecule has 4 nitrogen and oxygen atoms in total. The van der Waals surface area contributed by atoms with Crippen LogP contribution in [0, 0.1) is 0 Å². The third kappa shape index (κ3) is 4.40. The zero-order valence-electron chi connectivity index (χ0n) is 11.5. The van der Waals surface area contributed by atoms with Crippen molar-refractivity contribution in [3.63, 3.8) is 0 Å². The minimum Gasteiger partial charge on any atom is -0.308 e. The van der Waals surface area contributed by atoms with Crippen molar-refractivity contribution in [2.75, 3.05) is 33.7 Å². The summed E-state index contributed by atoms with van der Waals surface area (Å²) in [6.07, 6.45) is 4.66. The molecule has 0 saturated carbocycles. The van der Waals surface area contributed by atoms with Gasteiger partial charge < -0.3 is 4.90 Å². The summed E-state index contributed by atoms with van der Waals surface area (Å²) < 4.78 is 0. The van der Waals surface area contributed by atoms with Crippen LogP contribution in [0.1, 0.15) is 25.1 Å². The molecular formula is C13H24N4. The second-order valence-corrected chi connectivity index (χ2v) is 4.32. The Morgan fingerprint density at radius 1 is 1.35 bits per heavy atom. The average molecular weight is 236 g/mol. The molecule has 0 radical (unpaired) electrons. The van der Waals surface area contributed by atoms with Gasteiger partial charge in [0, 0.05) is 50.1 Å². The van der Waals surface area contributed by atoms with Gasteiger partial charge in [-0.25, -0.2) is 9.97 Å². The Labute approximate surface area is 105 Å². The SMILES string of the molecule is CC.CN(C)CCN1CCc2ncncc2C1. The third-order valence-corrected chi connectivity index (χ3v) is 2.80. The summed E-state index contributed by atoms with van der Waals surface area (Å²) in [4.78, 5) is 13.1. The fraction of sp³-hybridized carbons (Fsp3) is 0.692. The van der Waals surface area contributed by atoms with E-state index < -0.39 is 0 Å². The second-order valence-electron chi connectivity index (χ2n) is 4.32. The molecule has 0 spiro atoms. The van der Waals surface area contributed by atoms with Gasteiger partial charge in [-0.05, 0) is 14.1 Å². The highest BCUT2D eigenvalue weighted by molar-refractivity contribution is 5.18. The van der Waals surface area contributed by atoms with Gasteiger partial charge in [-0.2, -0.15) is 0 Å². The van der Waals surface area contributed by atoms with E-state index >= 15 is 0 Å². The molecule has 0 fully saturated rings. The molecule has 0 bridgehead atoms. The van der Waals surface area contributed by atoms with Crippen LogP contribution in [-0.4, -0.2) is 53.5 Å².